The van der Waals surface area contributed by atoms with Crippen LogP contribution >= 0.6 is 0 Å². The Balaban J connectivity index is 1.89. The number of aryl methyl sites for hydroxylation is 1. The zero-order valence-electron chi connectivity index (χ0n) is 19.3. The van der Waals surface area contributed by atoms with E-state index in [1.165, 1.54) is 50.5 Å². The number of hydrogen-bond acceptors (Lipinski definition) is 5. The Morgan fingerprint density at radius 2 is 1.26 bits per heavy atom. The highest BCUT2D eigenvalue weighted by Crippen LogP contribution is 2.15. The predicted molar refractivity (Wildman–Crippen MR) is 123 cm³/mol. The highest BCUT2D eigenvalue weighted by atomic mass is 16.6. The number of unbranched alkanes of at least 4 members (excludes halogenated alkanes) is 6. The van der Waals surface area contributed by atoms with E-state index in [4.69, 9.17) is 24.1 Å². The summed E-state index contributed by atoms with van der Waals surface area (Å²) in [5.74, 6) is 0.0833. The fourth-order valence-corrected chi connectivity index (χ4v) is 3.12. The lowest BCUT2D eigenvalue weighted by Gasteiger charge is -2.09. The molecule has 0 amide bonds. The van der Waals surface area contributed by atoms with Crippen LogP contribution in [0, 0.1) is 0 Å². The van der Waals surface area contributed by atoms with E-state index in [2.05, 4.69) is 19.1 Å². The first-order valence-corrected chi connectivity index (χ1v) is 11.9. The monoisotopic (exact) mass is 438 g/mol. The zero-order chi connectivity index (χ0) is 22.4. The lowest BCUT2D eigenvalue weighted by Crippen LogP contribution is -2.13. The highest BCUT2D eigenvalue weighted by Gasteiger charge is 1.99. The SMILES string of the molecule is CCCCCCCCCc1ccc(OCCOCCOCCOCCCC(=O)O)cc1. The average Bonchev–Trinajstić information content (AvgIpc) is 2.77. The number of aliphatic carboxylic acids is 1. The summed E-state index contributed by atoms with van der Waals surface area (Å²) in [5.41, 5.74) is 1.38. The summed E-state index contributed by atoms with van der Waals surface area (Å²) in [5, 5.41) is 8.51. The number of rotatable bonds is 22. The van der Waals surface area contributed by atoms with Gasteiger partial charge in [-0.3, -0.25) is 4.79 Å². The van der Waals surface area contributed by atoms with Crippen molar-refractivity contribution < 1.29 is 28.8 Å². The zero-order valence-corrected chi connectivity index (χ0v) is 19.3. The number of carboxylic acids is 1. The van der Waals surface area contributed by atoms with Crippen LogP contribution in [0.15, 0.2) is 24.3 Å². The van der Waals surface area contributed by atoms with Crippen molar-refractivity contribution in [2.24, 2.45) is 0 Å². The molecule has 1 aromatic carbocycles. The van der Waals surface area contributed by atoms with Crippen LogP contribution in [-0.4, -0.2) is 57.3 Å². The third-order valence-electron chi connectivity index (χ3n) is 4.91. The van der Waals surface area contributed by atoms with E-state index in [1.807, 2.05) is 12.1 Å². The van der Waals surface area contributed by atoms with Crippen molar-refractivity contribution in [1.82, 2.24) is 0 Å². The standard InChI is InChI=1S/C25H42O6/c1-2-3-4-5-6-7-8-10-23-12-14-24(15-13-23)31-22-21-30-20-19-29-18-17-28-16-9-11-25(26)27/h12-15H,2-11,16-22H2,1H3,(H,26,27). The van der Waals surface area contributed by atoms with Crippen LogP contribution in [0.5, 0.6) is 5.75 Å². The maximum Gasteiger partial charge on any atom is 0.303 e. The predicted octanol–water partition coefficient (Wildman–Crippen LogP) is 5.27. The summed E-state index contributed by atoms with van der Waals surface area (Å²) in [6.07, 6.45) is 11.2. The molecular formula is C25H42O6. The molecule has 0 aliphatic rings. The molecule has 0 saturated heterocycles. The van der Waals surface area contributed by atoms with Gasteiger partial charge < -0.3 is 24.1 Å². The minimum atomic E-state index is -0.795. The van der Waals surface area contributed by atoms with Crippen LogP contribution < -0.4 is 4.74 Å². The van der Waals surface area contributed by atoms with Crippen molar-refractivity contribution in [2.45, 2.75) is 71.1 Å². The maximum absolute atomic E-state index is 10.3. The van der Waals surface area contributed by atoms with Crippen LogP contribution in [0.1, 0.15) is 70.3 Å². The minimum Gasteiger partial charge on any atom is -0.491 e. The summed E-state index contributed by atoms with van der Waals surface area (Å²) in [4.78, 5) is 10.3. The minimum absolute atomic E-state index is 0.139. The molecule has 6 heteroatoms. The van der Waals surface area contributed by atoms with E-state index in [1.54, 1.807) is 0 Å². The molecule has 0 heterocycles. The smallest absolute Gasteiger partial charge is 0.303 e. The Hall–Kier alpha value is -1.63. The van der Waals surface area contributed by atoms with E-state index in [-0.39, 0.29) is 6.42 Å². The Bertz CT molecular complexity index is 531. The van der Waals surface area contributed by atoms with Gasteiger partial charge in [0.15, 0.2) is 0 Å². The second-order valence-electron chi connectivity index (χ2n) is 7.70. The van der Waals surface area contributed by atoms with Crippen molar-refractivity contribution in [3.05, 3.63) is 29.8 Å². The molecule has 0 radical (unpaired) electrons. The normalized spacial score (nSPS) is 11.0. The van der Waals surface area contributed by atoms with Gasteiger partial charge in [0.05, 0.1) is 33.0 Å². The van der Waals surface area contributed by atoms with Gasteiger partial charge in [-0.2, -0.15) is 0 Å². The van der Waals surface area contributed by atoms with Crippen LogP contribution in [0.25, 0.3) is 0 Å². The molecule has 0 aliphatic carbocycles. The summed E-state index contributed by atoms with van der Waals surface area (Å²) >= 11 is 0. The summed E-state index contributed by atoms with van der Waals surface area (Å²) in [6.45, 7) is 5.72. The Morgan fingerprint density at radius 1 is 0.710 bits per heavy atom. The summed E-state index contributed by atoms with van der Waals surface area (Å²) in [7, 11) is 0. The van der Waals surface area contributed by atoms with Crippen LogP contribution in [0.4, 0.5) is 0 Å². The molecule has 6 nitrogen and oxygen atoms in total. The van der Waals surface area contributed by atoms with E-state index in [0.29, 0.717) is 52.7 Å². The Kier molecular flexibility index (Phi) is 17.9. The number of carboxylic acid groups (broad SMARTS) is 1. The van der Waals surface area contributed by atoms with Gasteiger partial charge in [-0.1, -0.05) is 57.6 Å². The van der Waals surface area contributed by atoms with Crippen molar-refractivity contribution in [2.75, 3.05) is 46.2 Å². The molecule has 0 aliphatic heterocycles. The molecule has 0 saturated carbocycles. The number of hydrogen-bond donors (Lipinski definition) is 1. The van der Waals surface area contributed by atoms with Crippen molar-refractivity contribution in [3.63, 3.8) is 0 Å². The van der Waals surface area contributed by atoms with Gasteiger partial charge >= 0.3 is 5.97 Å². The van der Waals surface area contributed by atoms with Crippen molar-refractivity contribution in [3.8, 4) is 5.75 Å². The molecule has 0 aromatic heterocycles. The molecule has 1 N–H and O–H groups in total. The second-order valence-corrected chi connectivity index (χ2v) is 7.70. The average molecular weight is 439 g/mol. The first-order chi connectivity index (χ1) is 15.2. The van der Waals surface area contributed by atoms with Gasteiger partial charge in [0, 0.05) is 13.0 Å². The molecule has 0 unspecified atom stereocenters. The van der Waals surface area contributed by atoms with Gasteiger partial charge in [0.1, 0.15) is 12.4 Å². The molecule has 0 bridgehead atoms. The van der Waals surface area contributed by atoms with E-state index in [0.717, 1.165) is 12.2 Å². The maximum atomic E-state index is 10.3. The highest BCUT2D eigenvalue weighted by molar-refractivity contribution is 5.66. The van der Waals surface area contributed by atoms with E-state index >= 15 is 0 Å². The lowest BCUT2D eigenvalue weighted by atomic mass is 10.0. The van der Waals surface area contributed by atoms with Crippen LogP contribution in [-0.2, 0) is 25.4 Å². The fraction of sp³-hybridized carbons (Fsp3) is 0.720. The van der Waals surface area contributed by atoms with Gasteiger partial charge in [-0.15, -0.1) is 0 Å². The fourth-order valence-electron chi connectivity index (χ4n) is 3.12. The molecule has 1 aromatic rings. The Labute approximate surface area is 188 Å². The number of carbonyl (C=O) groups is 1. The Morgan fingerprint density at radius 3 is 1.87 bits per heavy atom. The molecule has 1 rings (SSSR count). The topological polar surface area (TPSA) is 74.2 Å². The van der Waals surface area contributed by atoms with E-state index < -0.39 is 5.97 Å². The first-order valence-electron chi connectivity index (χ1n) is 11.9. The molecule has 178 valence electrons. The largest absolute Gasteiger partial charge is 0.491 e. The summed E-state index contributed by atoms with van der Waals surface area (Å²) in [6, 6.07) is 8.39. The van der Waals surface area contributed by atoms with Gasteiger partial charge in [-0.25, -0.2) is 0 Å². The molecule has 0 atom stereocenters. The molecule has 31 heavy (non-hydrogen) atoms. The number of ether oxygens (including phenoxy) is 4. The van der Waals surface area contributed by atoms with Gasteiger partial charge in [-0.05, 0) is 37.0 Å². The molecule has 0 spiro atoms. The van der Waals surface area contributed by atoms with Crippen molar-refractivity contribution in [1.29, 1.82) is 0 Å². The molecule has 0 fully saturated rings. The second kappa shape index (κ2) is 20.3. The quantitative estimate of drug-likeness (QED) is 0.249. The van der Waals surface area contributed by atoms with Crippen LogP contribution in [0.2, 0.25) is 0 Å². The van der Waals surface area contributed by atoms with Crippen LogP contribution in [0.3, 0.4) is 0 Å². The third kappa shape index (κ3) is 17.7. The number of benzene rings is 1. The lowest BCUT2D eigenvalue weighted by molar-refractivity contribution is -0.137. The van der Waals surface area contributed by atoms with Crippen molar-refractivity contribution >= 4 is 5.97 Å². The molecular weight excluding hydrogens is 396 g/mol. The van der Waals surface area contributed by atoms with Gasteiger partial charge in [0.2, 0.25) is 0 Å². The third-order valence-corrected chi connectivity index (χ3v) is 4.91. The van der Waals surface area contributed by atoms with E-state index in [9.17, 15) is 4.79 Å². The van der Waals surface area contributed by atoms with Gasteiger partial charge in [0.25, 0.3) is 0 Å². The summed E-state index contributed by atoms with van der Waals surface area (Å²) < 4.78 is 21.9. The first kappa shape index (κ1) is 27.4.